The highest BCUT2D eigenvalue weighted by molar-refractivity contribution is 9.10. The second kappa shape index (κ2) is 7.46. The van der Waals surface area contributed by atoms with Crippen molar-refractivity contribution >= 4 is 21.7 Å². The van der Waals surface area contributed by atoms with Crippen molar-refractivity contribution < 1.29 is 9.47 Å². The summed E-state index contributed by atoms with van der Waals surface area (Å²) in [5.74, 6) is 1.44. The van der Waals surface area contributed by atoms with Gasteiger partial charge in [-0.15, -0.1) is 0 Å². The monoisotopic (exact) mass is 409 g/mol. The van der Waals surface area contributed by atoms with Crippen molar-refractivity contribution in [1.29, 1.82) is 5.26 Å². The fourth-order valence-corrected chi connectivity index (χ4v) is 3.21. The Kier molecular flexibility index (Phi) is 5.10. The SMILES string of the molecule is COc1ccc(OC)c(-c2cc(-c3ccccc3Br)nc(N)c2C#N)c1. The molecule has 2 N–H and O–H groups in total. The van der Waals surface area contributed by atoms with Gasteiger partial charge in [0.15, 0.2) is 0 Å². The first-order chi connectivity index (χ1) is 12.6. The van der Waals surface area contributed by atoms with Crippen LogP contribution in [0, 0.1) is 11.3 Å². The number of nitrogens with zero attached hydrogens (tertiary/aromatic N) is 2. The Morgan fingerprint density at radius 3 is 2.42 bits per heavy atom. The molecule has 2 aromatic carbocycles. The van der Waals surface area contributed by atoms with E-state index in [9.17, 15) is 5.26 Å². The first kappa shape index (κ1) is 17.8. The summed E-state index contributed by atoms with van der Waals surface area (Å²) in [6.07, 6.45) is 0. The van der Waals surface area contributed by atoms with Gasteiger partial charge in [-0.25, -0.2) is 4.98 Å². The van der Waals surface area contributed by atoms with Crippen molar-refractivity contribution in [3.8, 4) is 40.0 Å². The largest absolute Gasteiger partial charge is 0.497 e. The molecule has 26 heavy (non-hydrogen) atoms. The minimum Gasteiger partial charge on any atom is -0.497 e. The van der Waals surface area contributed by atoms with E-state index in [0.29, 0.717) is 33.9 Å². The van der Waals surface area contributed by atoms with Crippen LogP contribution in [-0.2, 0) is 0 Å². The van der Waals surface area contributed by atoms with Crippen LogP contribution in [0.5, 0.6) is 11.5 Å². The van der Waals surface area contributed by atoms with Crippen molar-refractivity contribution in [3.05, 3.63) is 58.6 Å². The first-order valence-electron chi connectivity index (χ1n) is 7.77. The van der Waals surface area contributed by atoms with Crippen molar-refractivity contribution in [2.45, 2.75) is 0 Å². The van der Waals surface area contributed by atoms with E-state index < -0.39 is 0 Å². The van der Waals surface area contributed by atoms with Gasteiger partial charge in [0.2, 0.25) is 0 Å². The van der Waals surface area contributed by atoms with Gasteiger partial charge in [-0.1, -0.05) is 34.1 Å². The third-order valence-electron chi connectivity index (χ3n) is 4.01. The maximum atomic E-state index is 9.62. The van der Waals surface area contributed by atoms with Gasteiger partial charge < -0.3 is 15.2 Å². The Morgan fingerprint density at radius 1 is 1.00 bits per heavy atom. The molecule has 5 nitrogen and oxygen atoms in total. The summed E-state index contributed by atoms with van der Waals surface area (Å²) in [5, 5.41) is 9.62. The first-order valence-corrected chi connectivity index (χ1v) is 8.56. The topological polar surface area (TPSA) is 81.2 Å². The summed E-state index contributed by atoms with van der Waals surface area (Å²) in [7, 11) is 3.17. The van der Waals surface area contributed by atoms with E-state index in [1.165, 1.54) is 0 Å². The molecule has 0 spiro atoms. The number of ether oxygens (including phenoxy) is 2. The Bertz CT molecular complexity index is 1010. The van der Waals surface area contributed by atoms with Crippen LogP contribution in [0.1, 0.15) is 5.56 Å². The maximum absolute atomic E-state index is 9.62. The van der Waals surface area contributed by atoms with Crippen LogP contribution in [0.3, 0.4) is 0 Å². The van der Waals surface area contributed by atoms with Crippen molar-refractivity contribution in [3.63, 3.8) is 0 Å². The van der Waals surface area contributed by atoms with Crippen molar-refractivity contribution in [1.82, 2.24) is 4.98 Å². The third-order valence-corrected chi connectivity index (χ3v) is 4.70. The molecule has 0 bridgehead atoms. The number of anilines is 1. The zero-order chi connectivity index (χ0) is 18.7. The quantitative estimate of drug-likeness (QED) is 0.677. The molecule has 0 aliphatic heterocycles. The number of nitrogens with two attached hydrogens (primary N) is 1. The molecule has 0 unspecified atom stereocenters. The fourth-order valence-electron chi connectivity index (χ4n) is 2.73. The van der Waals surface area contributed by atoms with E-state index in [4.69, 9.17) is 15.2 Å². The molecule has 3 rings (SSSR count). The summed E-state index contributed by atoms with van der Waals surface area (Å²) >= 11 is 3.53. The van der Waals surface area contributed by atoms with Crippen molar-refractivity contribution in [2.24, 2.45) is 0 Å². The molecule has 3 aromatic rings. The van der Waals surface area contributed by atoms with Crippen molar-refractivity contribution in [2.75, 3.05) is 20.0 Å². The van der Waals surface area contributed by atoms with Gasteiger partial charge in [-0.3, -0.25) is 0 Å². The zero-order valence-electron chi connectivity index (χ0n) is 14.3. The van der Waals surface area contributed by atoms with E-state index in [2.05, 4.69) is 27.0 Å². The highest BCUT2D eigenvalue weighted by Gasteiger charge is 2.18. The second-order valence-corrected chi connectivity index (χ2v) is 6.33. The van der Waals surface area contributed by atoms with Crippen LogP contribution in [-0.4, -0.2) is 19.2 Å². The maximum Gasteiger partial charge on any atom is 0.142 e. The molecular weight excluding hydrogens is 394 g/mol. The number of aromatic nitrogens is 1. The van der Waals surface area contributed by atoms with Crippen LogP contribution < -0.4 is 15.2 Å². The van der Waals surface area contributed by atoms with Gasteiger partial charge >= 0.3 is 0 Å². The third kappa shape index (κ3) is 3.22. The molecule has 1 heterocycles. The van der Waals surface area contributed by atoms with Crippen LogP contribution >= 0.6 is 15.9 Å². The van der Waals surface area contributed by atoms with E-state index in [-0.39, 0.29) is 5.82 Å². The van der Waals surface area contributed by atoms with Gasteiger partial charge in [-0.05, 0) is 30.3 Å². The van der Waals surface area contributed by atoms with Crippen LogP contribution in [0.15, 0.2) is 53.0 Å². The molecule has 6 heteroatoms. The van der Waals surface area contributed by atoms with Gasteiger partial charge in [0.25, 0.3) is 0 Å². The number of halogens is 1. The number of nitrogen functional groups attached to an aromatic ring is 1. The van der Waals surface area contributed by atoms with E-state index in [0.717, 1.165) is 10.0 Å². The molecule has 0 saturated carbocycles. The molecule has 1 aromatic heterocycles. The number of rotatable bonds is 4. The molecule has 0 atom stereocenters. The molecule has 0 aliphatic rings. The lowest BCUT2D eigenvalue weighted by Gasteiger charge is -2.14. The smallest absolute Gasteiger partial charge is 0.142 e. The standard InChI is InChI=1S/C20H16BrN3O2/c1-25-12-7-8-19(26-2)15(9-12)14-10-18(24-20(23)16(14)11-22)13-5-3-4-6-17(13)21/h3-10H,1-2H3,(H2,23,24). The van der Waals surface area contributed by atoms with E-state index >= 15 is 0 Å². The van der Waals surface area contributed by atoms with Gasteiger partial charge in [0.05, 0.1) is 19.9 Å². The Hall–Kier alpha value is -3.04. The minimum atomic E-state index is 0.167. The average molecular weight is 410 g/mol. The van der Waals surface area contributed by atoms with Crippen LogP contribution in [0.2, 0.25) is 0 Å². The van der Waals surface area contributed by atoms with Crippen LogP contribution in [0.4, 0.5) is 5.82 Å². The molecule has 0 saturated heterocycles. The molecule has 0 radical (unpaired) electrons. The van der Waals surface area contributed by atoms with E-state index in [1.807, 2.05) is 36.4 Å². The summed E-state index contributed by atoms with van der Waals surface area (Å²) in [5.41, 5.74) is 9.29. The average Bonchev–Trinajstić information content (AvgIpc) is 2.67. The fraction of sp³-hybridized carbons (Fsp3) is 0.100. The highest BCUT2D eigenvalue weighted by atomic mass is 79.9. The minimum absolute atomic E-state index is 0.167. The Morgan fingerprint density at radius 2 is 1.77 bits per heavy atom. The molecule has 0 fully saturated rings. The number of benzene rings is 2. The summed E-state index contributed by atoms with van der Waals surface area (Å²) in [6.45, 7) is 0. The lowest BCUT2D eigenvalue weighted by Crippen LogP contribution is -2.01. The van der Waals surface area contributed by atoms with Gasteiger partial charge in [0, 0.05) is 21.2 Å². The molecule has 130 valence electrons. The Balaban J connectivity index is 2.31. The summed E-state index contributed by atoms with van der Waals surface area (Å²) < 4.78 is 11.7. The van der Waals surface area contributed by atoms with Crippen LogP contribution in [0.25, 0.3) is 22.4 Å². The lowest BCUT2D eigenvalue weighted by molar-refractivity contribution is 0.404. The highest BCUT2D eigenvalue weighted by Crippen LogP contribution is 2.39. The Labute approximate surface area is 160 Å². The zero-order valence-corrected chi connectivity index (χ0v) is 15.9. The predicted octanol–water partition coefficient (Wildman–Crippen LogP) is 4.65. The second-order valence-electron chi connectivity index (χ2n) is 5.47. The normalized spacial score (nSPS) is 10.2. The number of nitriles is 1. The molecule has 0 aliphatic carbocycles. The predicted molar refractivity (Wildman–Crippen MR) is 105 cm³/mol. The van der Waals surface area contributed by atoms with Gasteiger partial charge in [-0.2, -0.15) is 5.26 Å². The molecule has 0 amide bonds. The number of methoxy groups -OCH3 is 2. The van der Waals surface area contributed by atoms with Gasteiger partial charge in [0.1, 0.15) is 28.9 Å². The number of hydrogen-bond acceptors (Lipinski definition) is 5. The number of pyridine rings is 1. The van der Waals surface area contributed by atoms with E-state index in [1.54, 1.807) is 26.4 Å². The molecular formula is C20H16BrN3O2. The number of hydrogen-bond donors (Lipinski definition) is 1. The summed E-state index contributed by atoms with van der Waals surface area (Å²) in [4.78, 5) is 4.41. The summed E-state index contributed by atoms with van der Waals surface area (Å²) in [6, 6.07) is 17.1. The lowest BCUT2D eigenvalue weighted by atomic mass is 9.97.